The van der Waals surface area contributed by atoms with Gasteiger partial charge in [-0.2, -0.15) is 0 Å². The van der Waals surface area contributed by atoms with Crippen LogP contribution in [0, 0.1) is 17.8 Å². The van der Waals surface area contributed by atoms with Crippen molar-refractivity contribution in [3.05, 3.63) is 91.0 Å². The molecule has 0 amide bonds. The summed E-state index contributed by atoms with van der Waals surface area (Å²) in [6.45, 7) is 0. The third kappa shape index (κ3) is 3.28. The van der Waals surface area contributed by atoms with Crippen LogP contribution in [0.4, 0.5) is 0 Å². The van der Waals surface area contributed by atoms with Gasteiger partial charge in [-0.1, -0.05) is 0 Å². The predicted molar refractivity (Wildman–Crippen MR) is 132 cm³/mol. The van der Waals surface area contributed by atoms with Crippen LogP contribution in [0.1, 0.15) is 38.5 Å². The van der Waals surface area contributed by atoms with Crippen LogP contribution in [0.25, 0.3) is 0 Å². The summed E-state index contributed by atoms with van der Waals surface area (Å²) >= 11 is -3.23. The van der Waals surface area contributed by atoms with Gasteiger partial charge in [0.05, 0.1) is 0 Å². The topological polar surface area (TPSA) is 0 Å². The first-order valence-electron chi connectivity index (χ1n) is 11.6. The van der Waals surface area contributed by atoms with Gasteiger partial charge in [-0.25, -0.2) is 0 Å². The molecule has 30 heavy (non-hydrogen) atoms. The van der Waals surface area contributed by atoms with Crippen LogP contribution < -0.4 is 10.7 Å². The van der Waals surface area contributed by atoms with E-state index in [2.05, 4.69) is 99.9 Å². The maximum absolute atomic E-state index is 3.23. The zero-order valence-corrected chi connectivity index (χ0v) is 21.2. The average Bonchev–Trinajstić information content (AvgIpc) is 2.78. The second-order valence-corrected chi connectivity index (χ2v) is 25.7. The average molecular weight is 517 g/mol. The van der Waals surface area contributed by atoms with E-state index in [4.69, 9.17) is 0 Å². The van der Waals surface area contributed by atoms with Crippen molar-refractivity contribution < 1.29 is 0 Å². The van der Waals surface area contributed by atoms with Gasteiger partial charge in [-0.3, -0.25) is 0 Å². The van der Waals surface area contributed by atoms with Crippen molar-refractivity contribution in [3.63, 3.8) is 0 Å². The molecule has 7 rings (SSSR count). The zero-order chi connectivity index (χ0) is 20.0. The summed E-state index contributed by atoms with van der Waals surface area (Å²) in [6.07, 6.45) is 8.96. The Morgan fingerprint density at radius 2 is 0.867 bits per heavy atom. The Morgan fingerprint density at radius 1 is 0.533 bits per heavy atom. The Morgan fingerprint density at radius 3 is 1.20 bits per heavy atom. The van der Waals surface area contributed by atoms with Crippen molar-refractivity contribution in [1.82, 2.24) is 0 Å². The summed E-state index contributed by atoms with van der Waals surface area (Å²) < 4.78 is 5.40. The van der Waals surface area contributed by atoms with Crippen LogP contribution in [0.15, 0.2) is 91.0 Å². The van der Waals surface area contributed by atoms with E-state index in [1.807, 2.05) is 0 Å². The summed E-state index contributed by atoms with van der Waals surface area (Å²) in [5.41, 5.74) is 0. The van der Waals surface area contributed by atoms with Crippen molar-refractivity contribution in [3.8, 4) is 0 Å². The minimum absolute atomic E-state index is 0.506. The Balaban J connectivity index is 1.56. The molecule has 4 aliphatic carbocycles. The minimum atomic E-state index is -3.23. The van der Waals surface area contributed by atoms with Crippen molar-refractivity contribution >= 4 is 36.7 Å². The van der Waals surface area contributed by atoms with Crippen molar-refractivity contribution in [2.45, 2.75) is 43.3 Å². The summed E-state index contributed by atoms with van der Waals surface area (Å²) in [6, 6.07) is 34.9. The summed E-state index contributed by atoms with van der Waals surface area (Å²) in [5.74, 6) is 2.99. The van der Waals surface area contributed by atoms with Crippen LogP contribution in [0.2, 0.25) is 0 Å². The van der Waals surface area contributed by atoms with E-state index in [9.17, 15) is 0 Å². The van der Waals surface area contributed by atoms with Gasteiger partial charge < -0.3 is 0 Å². The fraction of sp³-hybridized carbons (Fsp3) is 0.357. The molecule has 3 aromatic rings. The van der Waals surface area contributed by atoms with E-state index in [-0.39, 0.29) is 0 Å². The molecule has 0 aromatic heterocycles. The first-order chi connectivity index (χ1) is 14.8. The number of benzene rings is 3. The van der Waals surface area contributed by atoms with Gasteiger partial charge in [0.15, 0.2) is 0 Å². The Labute approximate surface area is 187 Å². The Hall–Kier alpha value is -1.19. The normalized spacial score (nSPS) is 29.8. The molecular formula is C28H30SSn. The molecule has 0 aliphatic heterocycles. The molecule has 0 radical (unpaired) electrons. The molecule has 4 aliphatic rings. The second-order valence-electron chi connectivity index (χ2n) is 9.98. The van der Waals surface area contributed by atoms with Crippen molar-refractivity contribution in [2.24, 2.45) is 17.8 Å². The summed E-state index contributed by atoms with van der Waals surface area (Å²) in [5, 5.41) is 0. The molecular weight excluding hydrogens is 487 g/mol. The second kappa shape index (κ2) is 7.74. The van der Waals surface area contributed by atoms with Crippen LogP contribution in [-0.4, -0.2) is 21.7 Å². The molecule has 152 valence electrons. The van der Waals surface area contributed by atoms with E-state index in [0.29, 0.717) is 4.75 Å². The number of hydrogen-bond acceptors (Lipinski definition) is 1. The van der Waals surface area contributed by atoms with Gasteiger partial charge in [-0.15, -0.1) is 0 Å². The van der Waals surface area contributed by atoms with Gasteiger partial charge in [0, 0.05) is 0 Å². The van der Waals surface area contributed by atoms with Gasteiger partial charge >= 0.3 is 189 Å². The Bertz CT molecular complexity index is 867. The summed E-state index contributed by atoms with van der Waals surface area (Å²) in [7, 11) is 2.52. The molecule has 2 heteroatoms. The van der Waals surface area contributed by atoms with Gasteiger partial charge in [0.25, 0.3) is 0 Å². The van der Waals surface area contributed by atoms with E-state index >= 15 is 0 Å². The van der Waals surface area contributed by atoms with Crippen LogP contribution in [-0.2, 0) is 0 Å². The monoisotopic (exact) mass is 518 g/mol. The van der Waals surface area contributed by atoms with E-state index < -0.39 is 17.0 Å². The standard InChI is InChI=1S/C10H16S.3C6H5.Sn/c11-10-4-7-1-8(5-10)3-9(2-7)6-10;3*1-2-4-6-5-3-1;/h7-9,11H,1-6H2;3*1-5H;/q;;;;+1/p-1. The fourth-order valence-electron chi connectivity index (χ4n) is 7.18. The van der Waals surface area contributed by atoms with Crippen LogP contribution in [0.5, 0.6) is 0 Å². The Kier molecular flexibility index (Phi) is 5.03. The SMILES string of the molecule is c1cc[c]([Sn]([S]C23CC4CC(CC(C4)C2)C3)([c]2ccccc2)[c]2ccccc2)cc1. The molecule has 4 bridgehead atoms. The first kappa shape index (κ1) is 19.5. The van der Waals surface area contributed by atoms with Crippen LogP contribution in [0.3, 0.4) is 0 Å². The van der Waals surface area contributed by atoms with Crippen molar-refractivity contribution in [2.75, 3.05) is 0 Å². The van der Waals surface area contributed by atoms with Crippen molar-refractivity contribution in [1.29, 1.82) is 0 Å². The third-order valence-corrected chi connectivity index (χ3v) is 30.0. The first-order valence-corrected chi connectivity index (χ1v) is 20.2. The molecule has 0 unspecified atom stereocenters. The van der Waals surface area contributed by atoms with Gasteiger partial charge in [0.2, 0.25) is 0 Å². The molecule has 0 spiro atoms. The van der Waals surface area contributed by atoms with E-state index in [1.54, 1.807) is 10.7 Å². The molecule has 4 saturated carbocycles. The number of hydrogen-bond donors (Lipinski definition) is 0. The van der Waals surface area contributed by atoms with Crippen LogP contribution >= 0.6 is 8.95 Å². The molecule has 4 fully saturated rings. The van der Waals surface area contributed by atoms with Gasteiger partial charge in [0.1, 0.15) is 0 Å². The molecule has 0 heterocycles. The molecule has 0 N–H and O–H groups in total. The third-order valence-electron chi connectivity index (χ3n) is 7.89. The predicted octanol–water partition coefficient (Wildman–Crippen LogP) is 5.36. The maximum atomic E-state index is 2.52. The van der Waals surface area contributed by atoms with Gasteiger partial charge in [-0.05, 0) is 0 Å². The fourth-order valence-corrected chi connectivity index (χ4v) is 31.1. The quantitative estimate of drug-likeness (QED) is 0.411. The van der Waals surface area contributed by atoms with E-state index in [1.165, 1.54) is 38.5 Å². The molecule has 3 aromatic carbocycles. The molecule has 0 saturated heterocycles. The molecule has 0 nitrogen and oxygen atoms in total. The van der Waals surface area contributed by atoms with E-state index in [0.717, 1.165) is 17.8 Å². The zero-order valence-electron chi connectivity index (χ0n) is 17.5. The summed E-state index contributed by atoms with van der Waals surface area (Å²) in [4.78, 5) is 0. The number of rotatable bonds is 5. The molecule has 0 atom stereocenters.